The smallest absolute Gasteiger partial charge is 0.305 e. The molecular weight excluding hydrogens is 364 g/mol. The van der Waals surface area contributed by atoms with Crippen molar-refractivity contribution in [1.29, 1.82) is 0 Å². The van der Waals surface area contributed by atoms with Crippen LogP contribution in [0.1, 0.15) is 58.3 Å². The summed E-state index contributed by atoms with van der Waals surface area (Å²) in [6.07, 6.45) is 9.53. The van der Waals surface area contributed by atoms with Crippen molar-refractivity contribution in [2.45, 2.75) is 76.8 Å². The largest absolute Gasteiger partial charge is 0.469 e. The van der Waals surface area contributed by atoms with Crippen LogP contribution in [0.2, 0.25) is 0 Å². The fourth-order valence-electron chi connectivity index (χ4n) is 4.07. The number of ether oxygens (including phenoxy) is 4. The molecule has 1 unspecified atom stereocenters. The van der Waals surface area contributed by atoms with E-state index in [9.17, 15) is 14.7 Å². The molecule has 0 aromatic carbocycles. The molecule has 160 valence electrons. The highest BCUT2D eigenvalue weighted by atomic mass is 16.7. The molecule has 1 saturated carbocycles. The third kappa shape index (κ3) is 7.18. The third-order valence-electron chi connectivity index (χ3n) is 5.52. The van der Waals surface area contributed by atoms with Gasteiger partial charge in [0.05, 0.1) is 13.2 Å². The summed E-state index contributed by atoms with van der Waals surface area (Å²) in [5, 5.41) is 9.98. The average molecular weight is 398 g/mol. The molecule has 0 aromatic heterocycles. The minimum atomic E-state index is -0.316. The van der Waals surface area contributed by atoms with Crippen molar-refractivity contribution in [2.75, 3.05) is 20.3 Å². The van der Waals surface area contributed by atoms with Gasteiger partial charge in [0.15, 0.2) is 6.29 Å². The second-order valence-corrected chi connectivity index (χ2v) is 7.54. The van der Waals surface area contributed by atoms with Gasteiger partial charge in [0.25, 0.3) is 0 Å². The topological polar surface area (TPSA) is 91.3 Å². The Labute approximate surface area is 167 Å². The Morgan fingerprint density at radius 3 is 2.64 bits per heavy atom. The van der Waals surface area contributed by atoms with E-state index in [1.54, 1.807) is 0 Å². The maximum atomic E-state index is 11.5. The fourth-order valence-corrected chi connectivity index (χ4v) is 4.07. The Balaban J connectivity index is 1.91. The van der Waals surface area contributed by atoms with Crippen LogP contribution in [0.3, 0.4) is 0 Å². The second kappa shape index (κ2) is 12.2. The third-order valence-corrected chi connectivity index (χ3v) is 5.52. The van der Waals surface area contributed by atoms with Crippen molar-refractivity contribution in [3.63, 3.8) is 0 Å². The van der Waals surface area contributed by atoms with Gasteiger partial charge in [-0.15, -0.1) is 0 Å². The molecule has 1 aliphatic carbocycles. The SMILES string of the molecule is COC(=O)CCCC=CC[C@H]1[C@H](CO)[C@@H](OC2CCCCO2)C[C@H]1OC(C)=O. The van der Waals surface area contributed by atoms with Crippen molar-refractivity contribution in [2.24, 2.45) is 11.8 Å². The van der Waals surface area contributed by atoms with Crippen LogP contribution in [0, 0.1) is 11.8 Å². The fraction of sp³-hybridized carbons (Fsp3) is 0.810. The second-order valence-electron chi connectivity index (χ2n) is 7.54. The molecule has 1 N–H and O–H groups in total. The van der Waals surface area contributed by atoms with Gasteiger partial charge in [-0.3, -0.25) is 9.59 Å². The Morgan fingerprint density at radius 1 is 1.18 bits per heavy atom. The van der Waals surface area contributed by atoms with Crippen LogP contribution in [0.5, 0.6) is 0 Å². The van der Waals surface area contributed by atoms with Crippen molar-refractivity contribution in [3.05, 3.63) is 12.2 Å². The van der Waals surface area contributed by atoms with Crippen LogP contribution in [-0.2, 0) is 28.5 Å². The first kappa shape index (κ1) is 22.8. The molecule has 2 fully saturated rings. The van der Waals surface area contributed by atoms with Gasteiger partial charge in [0.1, 0.15) is 6.10 Å². The van der Waals surface area contributed by atoms with E-state index in [2.05, 4.69) is 4.74 Å². The van der Waals surface area contributed by atoms with Crippen LogP contribution >= 0.6 is 0 Å². The molecule has 28 heavy (non-hydrogen) atoms. The number of hydrogen-bond acceptors (Lipinski definition) is 7. The zero-order valence-corrected chi connectivity index (χ0v) is 17.0. The van der Waals surface area contributed by atoms with Crippen LogP contribution < -0.4 is 0 Å². The highest BCUT2D eigenvalue weighted by Crippen LogP contribution is 2.40. The lowest BCUT2D eigenvalue weighted by Gasteiger charge is -2.29. The summed E-state index contributed by atoms with van der Waals surface area (Å²) in [4.78, 5) is 22.7. The number of methoxy groups -OCH3 is 1. The zero-order chi connectivity index (χ0) is 20.4. The number of carbonyl (C=O) groups is 2. The summed E-state index contributed by atoms with van der Waals surface area (Å²) in [6, 6.07) is 0. The van der Waals surface area contributed by atoms with Gasteiger partial charge in [-0.25, -0.2) is 0 Å². The maximum absolute atomic E-state index is 11.5. The molecule has 1 aliphatic heterocycles. The first-order valence-electron chi connectivity index (χ1n) is 10.3. The molecule has 5 atom stereocenters. The maximum Gasteiger partial charge on any atom is 0.305 e. The minimum Gasteiger partial charge on any atom is -0.469 e. The van der Waals surface area contributed by atoms with E-state index >= 15 is 0 Å². The number of allylic oxidation sites excluding steroid dienone is 2. The molecule has 1 saturated heterocycles. The Kier molecular flexibility index (Phi) is 9.95. The number of carbonyl (C=O) groups excluding carboxylic acids is 2. The van der Waals surface area contributed by atoms with Gasteiger partial charge in [-0.2, -0.15) is 0 Å². The van der Waals surface area contributed by atoms with Gasteiger partial charge in [0, 0.05) is 44.8 Å². The molecule has 2 aliphatic rings. The first-order chi connectivity index (χ1) is 13.5. The number of rotatable bonds is 10. The predicted molar refractivity (Wildman–Crippen MR) is 102 cm³/mol. The Bertz CT molecular complexity index is 513. The standard InChI is InChI=1S/C21H34O7/c1-15(23)27-18-13-19(28-21-11-7-8-12-26-21)17(14-22)16(18)9-5-3-4-6-10-20(24)25-2/h3,5,16-19,21-22H,4,6-14H2,1-2H3/t16-,17-,18+,19-,21?/m0/s1. The van der Waals surface area contributed by atoms with E-state index in [1.807, 2.05) is 12.2 Å². The quantitative estimate of drug-likeness (QED) is 0.344. The van der Waals surface area contributed by atoms with E-state index in [-0.39, 0.29) is 48.9 Å². The van der Waals surface area contributed by atoms with Crippen molar-refractivity contribution >= 4 is 11.9 Å². The molecule has 0 amide bonds. The normalized spacial score (nSPS) is 30.5. The Hall–Kier alpha value is -1.44. The van der Waals surface area contributed by atoms with E-state index < -0.39 is 0 Å². The van der Waals surface area contributed by atoms with Gasteiger partial charge in [-0.05, 0) is 38.5 Å². The lowest BCUT2D eigenvalue weighted by atomic mass is 9.91. The van der Waals surface area contributed by atoms with Crippen molar-refractivity contribution in [1.82, 2.24) is 0 Å². The van der Waals surface area contributed by atoms with Crippen LogP contribution in [0.25, 0.3) is 0 Å². The molecule has 0 aromatic rings. The van der Waals surface area contributed by atoms with E-state index in [1.165, 1.54) is 14.0 Å². The number of unbranched alkanes of at least 4 members (excludes halogenated alkanes) is 1. The lowest BCUT2D eigenvalue weighted by Crippen LogP contribution is -2.33. The number of esters is 2. The summed E-state index contributed by atoms with van der Waals surface area (Å²) < 4.78 is 22.0. The number of aliphatic hydroxyl groups is 1. The highest BCUT2D eigenvalue weighted by Gasteiger charge is 2.45. The van der Waals surface area contributed by atoms with E-state index in [0.717, 1.165) is 32.1 Å². The first-order valence-corrected chi connectivity index (χ1v) is 10.3. The van der Waals surface area contributed by atoms with Crippen LogP contribution in [-0.4, -0.2) is 55.9 Å². The highest BCUT2D eigenvalue weighted by molar-refractivity contribution is 5.69. The molecule has 2 rings (SSSR count). The zero-order valence-electron chi connectivity index (χ0n) is 17.0. The minimum absolute atomic E-state index is 0.000604. The van der Waals surface area contributed by atoms with E-state index in [0.29, 0.717) is 25.9 Å². The van der Waals surface area contributed by atoms with Gasteiger partial charge >= 0.3 is 11.9 Å². The monoisotopic (exact) mass is 398 g/mol. The van der Waals surface area contributed by atoms with Crippen molar-refractivity contribution in [3.8, 4) is 0 Å². The molecule has 7 heteroatoms. The summed E-state index contributed by atoms with van der Waals surface area (Å²) in [7, 11) is 1.39. The molecule has 0 radical (unpaired) electrons. The molecule has 1 heterocycles. The van der Waals surface area contributed by atoms with Gasteiger partial charge in [0.2, 0.25) is 0 Å². The molecule has 0 spiro atoms. The molecular formula is C21H34O7. The summed E-state index contributed by atoms with van der Waals surface area (Å²) >= 11 is 0. The van der Waals surface area contributed by atoms with Gasteiger partial charge in [-0.1, -0.05) is 12.2 Å². The predicted octanol–water partition coefficient (Wildman–Crippen LogP) is 2.75. The lowest BCUT2D eigenvalue weighted by molar-refractivity contribution is -0.198. The van der Waals surface area contributed by atoms with Crippen molar-refractivity contribution < 1.29 is 33.6 Å². The number of aliphatic hydroxyl groups excluding tert-OH is 1. The molecule has 7 nitrogen and oxygen atoms in total. The summed E-state index contributed by atoms with van der Waals surface area (Å²) in [6.45, 7) is 2.09. The average Bonchev–Trinajstić information content (AvgIpc) is 3.00. The van der Waals surface area contributed by atoms with Crippen LogP contribution in [0.15, 0.2) is 12.2 Å². The summed E-state index contributed by atoms with van der Waals surface area (Å²) in [5.74, 6) is -0.623. The van der Waals surface area contributed by atoms with E-state index in [4.69, 9.17) is 14.2 Å². The van der Waals surface area contributed by atoms with Gasteiger partial charge < -0.3 is 24.1 Å². The Morgan fingerprint density at radius 2 is 2.00 bits per heavy atom. The number of hydrogen-bond donors (Lipinski definition) is 1. The molecule has 0 bridgehead atoms. The van der Waals surface area contributed by atoms with Crippen LogP contribution in [0.4, 0.5) is 0 Å². The summed E-state index contributed by atoms with van der Waals surface area (Å²) in [5.41, 5.74) is 0.